The van der Waals surface area contributed by atoms with Crippen LogP contribution in [0, 0.1) is 12.3 Å². The fourth-order valence-electron chi connectivity index (χ4n) is 1.53. The molecule has 0 amide bonds. The second-order valence-corrected chi connectivity index (χ2v) is 5.46. The number of rotatable bonds is 4. The number of carbonyl (C=O) groups excluding carboxylic acids is 1. The average molecular weight is 267 g/mol. The molecular formula is C13H21N3O3. The lowest BCUT2D eigenvalue weighted by molar-refractivity contribution is 0.0594. The number of nitrogens with zero attached hydrogens (tertiary/aromatic N) is 2. The summed E-state index contributed by atoms with van der Waals surface area (Å²) in [5, 5.41) is 12.5. The van der Waals surface area contributed by atoms with Gasteiger partial charge in [-0.05, 0) is 18.4 Å². The first kappa shape index (κ1) is 15.4. The van der Waals surface area contributed by atoms with Gasteiger partial charge < -0.3 is 15.2 Å². The van der Waals surface area contributed by atoms with E-state index in [1.54, 1.807) is 13.0 Å². The Morgan fingerprint density at radius 3 is 2.58 bits per heavy atom. The maximum Gasteiger partial charge on any atom is 0.356 e. The van der Waals surface area contributed by atoms with Crippen molar-refractivity contribution in [1.29, 1.82) is 0 Å². The van der Waals surface area contributed by atoms with E-state index < -0.39 is 5.97 Å². The lowest BCUT2D eigenvalue weighted by Gasteiger charge is -2.29. The predicted molar refractivity (Wildman–Crippen MR) is 72.1 cm³/mol. The van der Waals surface area contributed by atoms with Crippen LogP contribution in [-0.4, -0.2) is 40.8 Å². The third kappa shape index (κ3) is 4.17. The van der Waals surface area contributed by atoms with Gasteiger partial charge in [-0.15, -0.1) is 0 Å². The van der Waals surface area contributed by atoms with Gasteiger partial charge >= 0.3 is 5.97 Å². The van der Waals surface area contributed by atoms with Gasteiger partial charge in [0.1, 0.15) is 0 Å². The van der Waals surface area contributed by atoms with Crippen LogP contribution in [0.2, 0.25) is 0 Å². The van der Waals surface area contributed by atoms with Gasteiger partial charge in [0, 0.05) is 5.69 Å². The van der Waals surface area contributed by atoms with Gasteiger partial charge in [-0.25, -0.2) is 14.8 Å². The molecule has 0 radical (unpaired) electrons. The number of carbonyl (C=O) groups is 1. The summed E-state index contributed by atoms with van der Waals surface area (Å²) in [6.45, 7) is 7.71. The largest absolute Gasteiger partial charge is 0.464 e. The molecule has 0 saturated heterocycles. The zero-order chi connectivity index (χ0) is 14.6. The van der Waals surface area contributed by atoms with Crippen molar-refractivity contribution in [3.05, 3.63) is 17.5 Å². The number of hydrogen-bond donors (Lipinski definition) is 2. The molecule has 1 aromatic rings. The molecule has 1 heterocycles. The van der Waals surface area contributed by atoms with E-state index in [2.05, 4.69) is 20.0 Å². The standard InChI is InChI=1S/C13H21N3O3/c1-8-6-9(11(18)19-5)15-12(14-8)16-10(7-17)13(2,3)4/h6,10,17H,7H2,1-5H3,(H,14,15,16)/t10-/m0/s1. The van der Waals surface area contributed by atoms with Crippen LogP contribution >= 0.6 is 0 Å². The molecule has 6 heteroatoms. The molecule has 2 N–H and O–H groups in total. The van der Waals surface area contributed by atoms with E-state index in [0.29, 0.717) is 11.6 Å². The molecule has 106 valence electrons. The zero-order valence-electron chi connectivity index (χ0n) is 12.0. The van der Waals surface area contributed by atoms with Crippen molar-refractivity contribution in [2.24, 2.45) is 5.41 Å². The number of aliphatic hydroxyl groups excluding tert-OH is 1. The maximum absolute atomic E-state index is 11.5. The molecule has 0 bridgehead atoms. The molecule has 1 aromatic heterocycles. The molecular weight excluding hydrogens is 246 g/mol. The number of anilines is 1. The van der Waals surface area contributed by atoms with Crippen LogP contribution in [0.4, 0.5) is 5.95 Å². The number of nitrogens with one attached hydrogen (secondary N) is 1. The number of aryl methyl sites for hydroxylation is 1. The quantitative estimate of drug-likeness (QED) is 0.802. The number of methoxy groups -OCH3 is 1. The minimum atomic E-state index is -0.509. The van der Waals surface area contributed by atoms with Crippen molar-refractivity contribution in [3.63, 3.8) is 0 Å². The third-order valence-electron chi connectivity index (χ3n) is 2.78. The monoisotopic (exact) mass is 267 g/mol. The summed E-state index contributed by atoms with van der Waals surface area (Å²) in [4.78, 5) is 19.8. The lowest BCUT2D eigenvalue weighted by atomic mass is 9.87. The van der Waals surface area contributed by atoms with E-state index in [4.69, 9.17) is 0 Å². The number of aromatic nitrogens is 2. The van der Waals surface area contributed by atoms with Crippen LogP contribution in [0.15, 0.2) is 6.07 Å². The molecule has 19 heavy (non-hydrogen) atoms. The summed E-state index contributed by atoms with van der Waals surface area (Å²) < 4.78 is 4.64. The minimum absolute atomic E-state index is 0.0473. The first-order valence-corrected chi connectivity index (χ1v) is 6.09. The Labute approximate surface area is 113 Å². The number of aliphatic hydroxyl groups is 1. The molecule has 1 rings (SSSR count). The smallest absolute Gasteiger partial charge is 0.356 e. The maximum atomic E-state index is 11.5. The highest BCUT2D eigenvalue weighted by Gasteiger charge is 2.25. The number of hydrogen-bond acceptors (Lipinski definition) is 6. The summed E-state index contributed by atoms with van der Waals surface area (Å²) in [5.41, 5.74) is 0.694. The highest BCUT2D eigenvalue weighted by Crippen LogP contribution is 2.21. The van der Waals surface area contributed by atoms with Crippen LogP contribution in [0.25, 0.3) is 0 Å². The Balaban J connectivity index is 3.01. The van der Waals surface area contributed by atoms with Gasteiger partial charge in [0.2, 0.25) is 5.95 Å². The van der Waals surface area contributed by atoms with Crippen LogP contribution in [-0.2, 0) is 4.74 Å². The van der Waals surface area contributed by atoms with Crippen molar-refractivity contribution in [2.45, 2.75) is 33.7 Å². The van der Waals surface area contributed by atoms with Crippen LogP contribution in [0.1, 0.15) is 37.0 Å². The Hall–Kier alpha value is -1.69. The fourth-order valence-corrected chi connectivity index (χ4v) is 1.53. The van der Waals surface area contributed by atoms with E-state index in [9.17, 15) is 9.90 Å². The van der Waals surface area contributed by atoms with Crippen LogP contribution in [0.5, 0.6) is 0 Å². The van der Waals surface area contributed by atoms with Gasteiger partial charge in [0.25, 0.3) is 0 Å². The van der Waals surface area contributed by atoms with Gasteiger partial charge in [0.05, 0.1) is 19.8 Å². The number of ether oxygens (including phenoxy) is 1. The van der Waals surface area contributed by atoms with Crippen molar-refractivity contribution in [3.8, 4) is 0 Å². The Morgan fingerprint density at radius 1 is 1.47 bits per heavy atom. The van der Waals surface area contributed by atoms with Crippen molar-refractivity contribution in [2.75, 3.05) is 19.0 Å². The highest BCUT2D eigenvalue weighted by atomic mass is 16.5. The summed E-state index contributed by atoms with van der Waals surface area (Å²) in [7, 11) is 1.30. The molecule has 0 aliphatic carbocycles. The summed E-state index contributed by atoms with van der Waals surface area (Å²) >= 11 is 0. The average Bonchev–Trinajstić information content (AvgIpc) is 2.32. The molecule has 0 aliphatic rings. The molecule has 0 unspecified atom stereocenters. The van der Waals surface area contributed by atoms with E-state index in [1.165, 1.54) is 7.11 Å². The van der Waals surface area contributed by atoms with Crippen molar-refractivity contribution >= 4 is 11.9 Å². The first-order chi connectivity index (χ1) is 8.77. The summed E-state index contributed by atoms with van der Waals surface area (Å²) in [6, 6.07) is 1.35. The van der Waals surface area contributed by atoms with Gasteiger partial charge in [0.15, 0.2) is 5.69 Å². The third-order valence-corrected chi connectivity index (χ3v) is 2.78. The zero-order valence-corrected chi connectivity index (χ0v) is 12.0. The topological polar surface area (TPSA) is 84.3 Å². The molecule has 0 aliphatic heterocycles. The van der Waals surface area contributed by atoms with Crippen molar-refractivity contribution in [1.82, 2.24) is 9.97 Å². The normalized spacial score (nSPS) is 12.9. The Kier molecular flexibility index (Phi) is 4.83. The fraction of sp³-hybridized carbons (Fsp3) is 0.615. The Morgan fingerprint density at radius 2 is 2.11 bits per heavy atom. The Bertz CT molecular complexity index is 455. The first-order valence-electron chi connectivity index (χ1n) is 6.09. The minimum Gasteiger partial charge on any atom is -0.464 e. The van der Waals surface area contributed by atoms with Gasteiger partial charge in [-0.2, -0.15) is 0 Å². The second-order valence-electron chi connectivity index (χ2n) is 5.46. The highest BCUT2D eigenvalue weighted by molar-refractivity contribution is 5.87. The second kappa shape index (κ2) is 5.97. The molecule has 0 saturated carbocycles. The van der Waals surface area contributed by atoms with Crippen LogP contribution in [0.3, 0.4) is 0 Å². The summed E-state index contributed by atoms with van der Waals surface area (Å²) in [5.74, 6) is -0.195. The lowest BCUT2D eigenvalue weighted by Crippen LogP contribution is -2.38. The van der Waals surface area contributed by atoms with Gasteiger partial charge in [-0.1, -0.05) is 20.8 Å². The summed E-state index contributed by atoms with van der Waals surface area (Å²) in [6.07, 6.45) is 0. The van der Waals surface area contributed by atoms with E-state index in [-0.39, 0.29) is 23.8 Å². The molecule has 1 atom stereocenters. The van der Waals surface area contributed by atoms with E-state index >= 15 is 0 Å². The van der Waals surface area contributed by atoms with Gasteiger partial charge in [-0.3, -0.25) is 0 Å². The van der Waals surface area contributed by atoms with Crippen LogP contribution < -0.4 is 5.32 Å². The van der Waals surface area contributed by atoms with E-state index in [1.807, 2.05) is 20.8 Å². The van der Waals surface area contributed by atoms with E-state index in [0.717, 1.165) is 0 Å². The molecule has 0 spiro atoms. The molecule has 6 nitrogen and oxygen atoms in total. The SMILES string of the molecule is COC(=O)c1cc(C)nc(N[C@@H](CO)C(C)(C)C)n1. The number of esters is 1. The molecule has 0 fully saturated rings. The molecule has 0 aromatic carbocycles. The predicted octanol–water partition coefficient (Wildman–Crippen LogP) is 1.39. The van der Waals surface area contributed by atoms with Crippen molar-refractivity contribution < 1.29 is 14.6 Å².